The number of nitrogens with zero attached hydrogens (tertiary/aromatic N) is 5. The van der Waals surface area contributed by atoms with Crippen LogP contribution in [0.5, 0.6) is 0 Å². The summed E-state index contributed by atoms with van der Waals surface area (Å²) in [6.07, 6.45) is 6.84. The van der Waals surface area contributed by atoms with E-state index in [-0.39, 0.29) is 24.4 Å². The van der Waals surface area contributed by atoms with Gasteiger partial charge in [0.05, 0.1) is 17.2 Å². The van der Waals surface area contributed by atoms with E-state index in [0.29, 0.717) is 23.3 Å². The number of carbonyl (C=O) groups excluding carboxylic acids is 1. The minimum absolute atomic E-state index is 0.139. The van der Waals surface area contributed by atoms with Gasteiger partial charge in [-0.25, -0.2) is 14.6 Å². The lowest BCUT2D eigenvalue weighted by molar-refractivity contribution is -0.121. The molecule has 0 atom stereocenters. The number of rotatable bonds is 6. The Hall–Kier alpha value is -3.81. The van der Waals surface area contributed by atoms with Crippen LogP contribution in [-0.2, 0) is 17.9 Å². The van der Waals surface area contributed by atoms with Crippen molar-refractivity contribution in [1.29, 1.82) is 0 Å². The molecular formula is C21H20N6O2. The fraction of sp³-hybridized carbons (Fsp3) is 0.190. The Labute approximate surface area is 166 Å². The molecule has 0 saturated carbocycles. The molecule has 0 aliphatic heterocycles. The van der Waals surface area contributed by atoms with Crippen LogP contribution in [0, 0.1) is 6.92 Å². The average molecular weight is 388 g/mol. The van der Waals surface area contributed by atoms with Gasteiger partial charge in [0.2, 0.25) is 5.91 Å². The van der Waals surface area contributed by atoms with Crippen LogP contribution in [0.4, 0.5) is 0 Å². The van der Waals surface area contributed by atoms with Gasteiger partial charge in [-0.05, 0) is 30.7 Å². The van der Waals surface area contributed by atoms with Gasteiger partial charge in [-0.3, -0.25) is 14.2 Å². The standard InChI is InChI=1S/C21H20N6O2/c1-15-5-2-7-17-19(15)24-14-26(21(17)29)12-8-18(28)23-13-16-6-3-9-22-20(16)27-11-4-10-25-27/h2-7,9-11,14H,8,12-13H2,1H3,(H,23,28). The predicted molar refractivity (Wildman–Crippen MR) is 109 cm³/mol. The van der Waals surface area contributed by atoms with Crippen molar-refractivity contribution in [2.24, 2.45) is 0 Å². The molecule has 0 saturated heterocycles. The van der Waals surface area contributed by atoms with Crippen LogP contribution in [0.3, 0.4) is 0 Å². The van der Waals surface area contributed by atoms with Gasteiger partial charge < -0.3 is 5.32 Å². The smallest absolute Gasteiger partial charge is 0.261 e. The lowest BCUT2D eigenvalue weighted by Gasteiger charge is -2.10. The van der Waals surface area contributed by atoms with Gasteiger partial charge in [-0.15, -0.1) is 0 Å². The van der Waals surface area contributed by atoms with E-state index in [1.54, 1.807) is 29.3 Å². The molecule has 0 aliphatic rings. The van der Waals surface area contributed by atoms with Crippen molar-refractivity contribution in [3.05, 3.63) is 82.8 Å². The topological polar surface area (TPSA) is 94.7 Å². The lowest BCUT2D eigenvalue weighted by atomic mass is 10.1. The molecule has 0 aliphatic carbocycles. The van der Waals surface area contributed by atoms with Gasteiger partial charge in [0.1, 0.15) is 0 Å². The van der Waals surface area contributed by atoms with E-state index in [9.17, 15) is 9.59 Å². The second kappa shape index (κ2) is 8.05. The molecule has 1 amide bonds. The van der Waals surface area contributed by atoms with Gasteiger partial charge in [0.25, 0.3) is 5.56 Å². The number of carbonyl (C=O) groups is 1. The maximum absolute atomic E-state index is 12.6. The number of aromatic nitrogens is 5. The summed E-state index contributed by atoms with van der Waals surface area (Å²) in [6.45, 7) is 2.51. The molecule has 1 aromatic carbocycles. The summed E-state index contributed by atoms with van der Waals surface area (Å²) in [5, 5.41) is 7.63. The maximum Gasteiger partial charge on any atom is 0.261 e. The van der Waals surface area contributed by atoms with Gasteiger partial charge >= 0.3 is 0 Å². The van der Waals surface area contributed by atoms with Crippen molar-refractivity contribution in [3.8, 4) is 5.82 Å². The number of pyridine rings is 1. The highest BCUT2D eigenvalue weighted by molar-refractivity contribution is 5.80. The normalized spacial score (nSPS) is 10.9. The first-order valence-corrected chi connectivity index (χ1v) is 9.29. The number of para-hydroxylation sites is 1. The van der Waals surface area contributed by atoms with Gasteiger partial charge in [-0.1, -0.05) is 18.2 Å². The molecule has 29 heavy (non-hydrogen) atoms. The van der Waals surface area contributed by atoms with E-state index in [4.69, 9.17) is 0 Å². The van der Waals surface area contributed by atoms with Crippen molar-refractivity contribution in [2.45, 2.75) is 26.4 Å². The Morgan fingerprint density at radius 2 is 2.00 bits per heavy atom. The zero-order valence-corrected chi connectivity index (χ0v) is 15.9. The summed E-state index contributed by atoms with van der Waals surface area (Å²) in [5.41, 5.74) is 2.36. The summed E-state index contributed by atoms with van der Waals surface area (Å²) in [4.78, 5) is 33.7. The molecular weight excluding hydrogens is 368 g/mol. The predicted octanol–water partition coefficient (Wildman–Crippen LogP) is 1.99. The third-order valence-electron chi connectivity index (χ3n) is 4.70. The second-order valence-electron chi connectivity index (χ2n) is 6.68. The third kappa shape index (κ3) is 3.91. The highest BCUT2D eigenvalue weighted by Crippen LogP contribution is 2.12. The minimum atomic E-state index is -0.156. The van der Waals surface area contributed by atoms with Crippen LogP contribution in [0.15, 0.2) is 66.1 Å². The third-order valence-corrected chi connectivity index (χ3v) is 4.70. The Morgan fingerprint density at radius 1 is 1.10 bits per heavy atom. The summed E-state index contributed by atoms with van der Waals surface area (Å²) in [5.74, 6) is 0.514. The number of benzene rings is 1. The minimum Gasteiger partial charge on any atom is -0.352 e. The summed E-state index contributed by atoms with van der Waals surface area (Å²) < 4.78 is 3.13. The van der Waals surface area contributed by atoms with E-state index in [0.717, 1.165) is 11.1 Å². The Kier molecular flexibility index (Phi) is 5.15. The molecule has 8 heteroatoms. The quantitative estimate of drug-likeness (QED) is 0.545. The molecule has 8 nitrogen and oxygen atoms in total. The first-order chi connectivity index (χ1) is 14.1. The van der Waals surface area contributed by atoms with Crippen LogP contribution in [0.1, 0.15) is 17.5 Å². The summed E-state index contributed by atoms with van der Waals surface area (Å²) in [7, 11) is 0. The zero-order valence-electron chi connectivity index (χ0n) is 15.9. The molecule has 0 bridgehead atoms. The monoisotopic (exact) mass is 388 g/mol. The molecule has 4 rings (SSSR count). The fourth-order valence-electron chi connectivity index (χ4n) is 3.17. The highest BCUT2D eigenvalue weighted by atomic mass is 16.1. The van der Waals surface area contributed by atoms with E-state index in [1.165, 1.54) is 10.9 Å². The van der Waals surface area contributed by atoms with E-state index in [2.05, 4.69) is 20.4 Å². The molecule has 4 aromatic rings. The van der Waals surface area contributed by atoms with E-state index in [1.807, 2.05) is 37.3 Å². The molecule has 1 N–H and O–H groups in total. The average Bonchev–Trinajstić information content (AvgIpc) is 3.27. The number of hydrogen-bond donors (Lipinski definition) is 1. The number of aryl methyl sites for hydroxylation is 2. The Morgan fingerprint density at radius 3 is 2.83 bits per heavy atom. The van der Waals surface area contributed by atoms with Gasteiger partial charge in [-0.2, -0.15) is 5.10 Å². The Bertz CT molecular complexity index is 1210. The molecule has 146 valence electrons. The van der Waals surface area contributed by atoms with Crippen molar-refractivity contribution in [3.63, 3.8) is 0 Å². The summed E-state index contributed by atoms with van der Waals surface area (Å²) in [6, 6.07) is 11.0. The van der Waals surface area contributed by atoms with E-state index >= 15 is 0 Å². The lowest BCUT2D eigenvalue weighted by Crippen LogP contribution is -2.28. The zero-order chi connectivity index (χ0) is 20.2. The first kappa shape index (κ1) is 18.5. The first-order valence-electron chi connectivity index (χ1n) is 9.29. The number of nitrogens with one attached hydrogen (secondary N) is 1. The molecule has 0 radical (unpaired) electrons. The van der Waals surface area contributed by atoms with Crippen LogP contribution in [0.2, 0.25) is 0 Å². The van der Waals surface area contributed by atoms with Crippen molar-refractivity contribution in [1.82, 2.24) is 29.6 Å². The van der Waals surface area contributed by atoms with Crippen LogP contribution in [-0.4, -0.2) is 30.2 Å². The molecule has 3 heterocycles. The van der Waals surface area contributed by atoms with E-state index < -0.39 is 0 Å². The number of fused-ring (bicyclic) bond motifs is 1. The van der Waals surface area contributed by atoms with Crippen LogP contribution in [0.25, 0.3) is 16.7 Å². The highest BCUT2D eigenvalue weighted by Gasteiger charge is 2.10. The second-order valence-corrected chi connectivity index (χ2v) is 6.68. The van der Waals surface area contributed by atoms with Gasteiger partial charge in [0.15, 0.2) is 5.82 Å². The SMILES string of the molecule is Cc1cccc2c(=O)n(CCC(=O)NCc3cccnc3-n3cccn3)cnc12. The number of hydrogen-bond acceptors (Lipinski definition) is 5. The number of amides is 1. The van der Waals surface area contributed by atoms with Crippen LogP contribution < -0.4 is 10.9 Å². The van der Waals surface area contributed by atoms with Crippen molar-refractivity contribution >= 4 is 16.8 Å². The van der Waals surface area contributed by atoms with Gasteiger partial charge in [0, 0.05) is 43.7 Å². The van der Waals surface area contributed by atoms with Crippen molar-refractivity contribution in [2.75, 3.05) is 0 Å². The fourth-order valence-corrected chi connectivity index (χ4v) is 3.17. The molecule has 0 fully saturated rings. The molecule has 0 spiro atoms. The van der Waals surface area contributed by atoms with Crippen molar-refractivity contribution < 1.29 is 4.79 Å². The largest absolute Gasteiger partial charge is 0.352 e. The molecule has 0 unspecified atom stereocenters. The molecule has 3 aromatic heterocycles. The van der Waals surface area contributed by atoms with Crippen LogP contribution >= 0.6 is 0 Å². The Balaban J connectivity index is 1.41. The summed E-state index contributed by atoms with van der Waals surface area (Å²) >= 11 is 0. The maximum atomic E-state index is 12.6.